The van der Waals surface area contributed by atoms with Crippen LogP contribution in [0.4, 0.5) is 5.95 Å². The lowest BCUT2D eigenvalue weighted by Gasteiger charge is -2.18. The van der Waals surface area contributed by atoms with Crippen LogP contribution in [0.5, 0.6) is 0 Å². The van der Waals surface area contributed by atoms with Gasteiger partial charge in [-0.25, -0.2) is 9.97 Å². The van der Waals surface area contributed by atoms with Crippen molar-refractivity contribution in [1.29, 1.82) is 0 Å². The first-order valence-corrected chi connectivity index (χ1v) is 9.12. The number of nitrogens with one attached hydrogen (secondary N) is 1. The van der Waals surface area contributed by atoms with Crippen molar-refractivity contribution in [3.05, 3.63) is 40.8 Å². The lowest BCUT2D eigenvalue weighted by Crippen LogP contribution is -2.29. The molecule has 2 aliphatic heterocycles. The summed E-state index contributed by atoms with van der Waals surface area (Å²) in [5, 5.41) is 4.99. The second kappa shape index (κ2) is 6.86. The second-order valence-corrected chi connectivity index (χ2v) is 7.34. The molecule has 6 nitrogen and oxygen atoms in total. The van der Waals surface area contributed by atoms with E-state index in [0.29, 0.717) is 18.9 Å². The smallest absolute Gasteiger partial charge is 0.225 e. The van der Waals surface area contributed by atoms with Crippen molar-refractivity contribution >= 4 is 23.2 Å². The van der Waals surface area contributed by atoms with Gasteiger partial charge in [0.2, 0.25) is 11.9 Å². The zero-order valence-electron chi connectivity index (χ0n) is 13.3. The van der Waals surface area contributed by atoms with Crippen LogP contribution in [0.25, 0.3) is 0 Å². The first-order valence-electron chi connectivity index (χ1n) is 8.24. The molecular formula is C17H20N4O2S. The van der Waals surface area contributed by atoms with Crippen molar-refractivity contribution in [2.45, 2.75) is 31.6 Å². The van der Waals surface area contributed by atoms with Gasteiger partial charge in [0, 0.05) is 36.3 Å². The number of carbonyl (C=O) groups is 1. The molecule has 4 rings (SSSR count). The van der Waals surface area contributed by atoms with Crippen molar-refractivity contribution in [3.63, 3.8) is 0 Å². The van der Waals surface area contributed by atoms with Crippen LogP contribution in [0, 0.1) is 5.92 Å². The molecule has 0 unspecified atom stereocenters. The van der Waals surface area contributed by atoms with Crippen molar-refractivity contribution in [2.75, 3.05) is 18.0 Å². The van der Waals surface area contributed by atoms with E-state index < -0.39 is 0 Å². The highest BCUT2D eigenvalue weighted by Crippen LogP contribution is 2.35. The van der Waals surface area contributed by atoms with Gasteiger partial charge in [-0.15, -0.1) is 11.3 Å². The number of hydrogen-bond acceptors (Lipinski definition) is 6. The molecule has 1 amide bonds. The van der Waals surface area contributed by atoms with Crippen molar-refractivity contribution in [1.82, 2.24) is 15.3 Å². The maximum absolute atomic E-state index is 12.1. The minimum Gasteiger partial charge on any atom is -0.372 e. The third kappa shape index (κ3) is 3.42. The lowest BCUT2D eigenvalue weighted by atomic mass is 10.0. The maximum Gasteiger partial charge on any atom is 0.225 e. The number of anilines is 1. The Morgan fingerprint density at radius 1 is 1.33 bits per heavy atom. The number of ether oxygens (including phenoxy) is 1. The molecule has 2 aliphatic rings. The van der Waals surface area contributed by atoms with Crippen LogP contribution >= 0.6 is 11.3 Å². The molecule has 2 aromatic rings. The number of amides is 1. The summed E-state index contributed by atoms with van der Waals surface area (Å²) >= 11 is 1.66. The van der Waals surface area contributed by atoms with E-state index in [1.807, 2.05) is 23.6 Å². The van der Waals surface area contributed by atoms with Gasteiger partial charge in [0.25, 0.3) is 0 Å². The number of aromatic nitrogens is 2. The molecule has 24 heavy (non-hydrogen) atoms. The molecule has 4 heterocycles. The summed E-state index contributed by atoms with van der Waals surface area (Å²) in [6.45, 7) is 2.32. The highest BCUT2D eigenvalue weighted by atomic mass is 32.1. The fourth-order valence-electron chi connectivity index (χ4n) is 3.49. The second-order valence-electron chi connectivity index (χ2n) is 6.31. The van der Waals surface area contributed by atoms with Crippen LogP contribution in [0.2, 0.25) is 0 Å². The highest BCUT2D eigenvalue weighted by Gasteiger charge is 2.43. The minimum atomic E-state index is 0.0298. The Bertz CT molecular complexity index is 665. The molecule has 0 aliphatic carbocycles. The molecule has 0 aromatic carbocycles. The predicted molar refractivity (Wildman–Crippen MR) is 91.8 cm³/mol. The van der Waals surface area contributed by atoms with Crippen LogP contribution < -0.4 is 10.2 Å². The number of hydrogen-bond donors (Lipinski definition) is 1. The average molecular weight is 344 g/mol. The van der Waals surface area contributed by atoms with Gasteiger partial charge in [0.15, 0.2) is 0 Å². The topological polar surface area (TPSA) is 67.4 Å². The van der Waals surface area contributed by atoms with Crippen LogP contribution in [0.3, 0.4) is 0 Å². The van der Waals surface area contributed by atoms with Crippen molar-refractivity contribution in [3.8, 4) is 0 Å². The number of nitrogens with zero attached hydrogens (tertiary/aromatic N) is 3. The van der Waals surface area contributed by atoms with Crippen LogP contribution in [0.1, 0.15) is 17.7 Å². The van der Waals surface area contributed by atoms with E-state index in [0.717, 1.165) is 25.5 Å². The molecule has 0 spiro atoms. The van der Waals surface area contributed by atoms with Gasteiger partial charge in [-0.3, -0.25) is 4.79 Å². The van der Waals surface area contributed by atoms with Gasteiger partial charge >= 0.3 is 0 Å². The molecule has 1 N–H and O–H groups in total. The lowest BCUT2D eigenvalue weighted by molar-refractivity contribution is -0.123. The third-order valence-corrected chi connectivity index (χ3v) is 5.48. The molecular weight excluding hydrogens is 324 g/mol. The summed E-state index contributed by atoms with van der Waals surface area (Å²) in [5.74, 6) is 1.29. The average Bonchev–Trinajstić information content (AvgIpc) is 3.30. The summed E-state index contributed by atoms with van der Waals surface area (Å²) in [4.78, 5) is 24.0. The normalized spacial score (nSPS) is 25.7. The molecule has 3 atom stereocenters. The zero-order chi connectivity index (χ0) is 16.4. The summed E-state index contributed by atoms with van der Waals surface area (Å²) < 4.78 is 6.09. The third-order valence-electron chi connectivity index (χ3n) is 4.60. The molecule has 2 aromatic heterocycles. The Morgan fingerprint density at radius 3 is 2.96 bits per heavy atom. The molecule has 126 valence electrons. The first-order chi connectivity index (χ1) is 11.8. The Balaban J connectivity index is 1.24. The van der Waals surface area contributed by atoms with E-state index in [9.17, 15) is 4.79 Å². The van der Waals surface area contributed by atoms with Gasteiger partial charge in [-0.2, -0.15) is 0 Å². The standard InChI is InChI=1S/C17H20N4O2S/c22-16(20-9-14-3-1-6-24-14)8-13-7-12-10-21(11-15(12)23-13)17-18-4-2-5-19-17/h1-6,12-13,15H,7-11H2,(H,20,22)/t12-,13+,15+/m1/s1. The fraction of sp³-hybridized carbons (Fsp3) is 0.471. The number of rotatable bonds is 5. The number of fused-ring (bicyclic) bond motifs is 1. The summed E-state index contributed by atoms with van der Waals surface area (Å²) in [7, 11) is 0. The minimum absolute atomic E-state index is 0.0298. The van der Waals surface area contributed by atoms with E-state index in [4.69, 9.17) is 4.74 Å². The predicted octanol–water partition coefficient (Wildman–Crippen LogP) is 1.84. The van der Waals surface area contributed by atoms with E-state index in [2.05, 4.69) is 20.2 Å². The Hall–Kier alpha value is -1.99. The van der Waals surface area contributed by atoms with E-state index in [-0.39, 0.29) is 18.1 Å². The van der Waals surface area contributed by atoms with Crippen LogP contribution in [0.15, 0.2) is 36.0 Å². The first kappa shape index (κ1) is 15.5. The highest BCUT2D eigenvalue weighted by molar-refractivity contribution is 7.09. The number of thiophene rings is 1. The van der Waals surface area contributed by atoms with Gasteiger partial charge in [0.05, 0.1) is 25.2 Å². The largest absolute Gasteiger partial charge is 0.372 e. The van der Waals surface area contributed by atoms with E-state index in [1.54, 1.807) is 23.7 Å². The quantitative estimate of drug-likeness (QED) is 0.896. The van der Waals surface area contributed by atoms with Gasteiger partial charge in [-0.1, -0.05) is 6.07 Å². The zero-order valence-corrected chi connectivity index (χ0v) is 14.1. The van der Waals surface area contributed by atoms with Crippen LogP contribution in [-0.2, 0) is 16.1 Å². The summed E-state index contributed by atoms with van der Waals surface area (Å²) in [5.41, 5.74) is 0. The Kier molecular flexibility index (Phi) is 4.44. The Morgan fingerprint density at radius 2 is 2.21 bits per heavy atom. The molecule has 0 bridgehead atoms. The summed E-state index contributed by atoms with van der Waals surface area (Å²) in [6.07, 6.45) is 5.11. The van der Waals surface area contributed by atoms with Crippen molar-refractivity contribution in [2.24, 2.45) is 5.92 Å². The fourth-order valence-corrected chi connectivity index (χ4v) is 4.13. The van der Waals surface area contributed by atoms with Gasteiger partial charge in [-0.05, 0) is 23.9 Å². The molecule has 0 saturated carbocycles. The van der Waals surface area contributed by atoms with Gasteiger partial charge in [0.1, 0.15) is 0 Å². The Labute approximate surface area is 144 Å². The van der Waals surface area contributed by atoms with E-state index in [1.165, 1.54) is 4.88 Å². The van der Waals surface area contributed by atoms with Crippen molar-refractivity contribution < 1.29 is 9.53 Å². The van der Waals surface area contributed by atoms with Crippen LogP contribution in [-0.4, -0.2) is 41.2 Å². The molecule has 2 saturated heterocycles. The molecule has 0 radical (unpaired) electrons. The SMILES string of the molecule is O=C(C[C@@H]1C[C@@H]2CN(c3ncccn3)C[C@@H]2O1)NCc1cccs1. The molecule has 7 heteroatoms. The number of carbonyl (C=O) groups excluding carboxylic acids is 1. The monoisotopic (exact) mass is 344 g/mol. The maximum atomic E-state index is 12.1. The van der Waals surface area contributed by atoms with Gasteiger partial charge < -0.3 is 15.0 Å². The van der Waals surface area contributed by atoms with E-state index >= 15 is 0 Å². The molecule has 2 fully saturated rings. The summed E-state index contributed by atoms with van der Waals surface area (Å²) in [6, 6.07) is 5.85.